The van der Waals surface area contributed by atoms with Crippen LogP contribution in [-0.2, 0) is 17.3 Å². The predicted molar refractivity (Wildman–Crippen MR) is 124 cm³/mol. The molecule has 186 valence electrons. The molecule has 2 aromatic heterocycles. The molecule has 11 heteroatoms. The highest BCUT2D eigenvalue weighted by molar-refractivity contribution is 7.15. The normalized spacial score (nSPS) is 16.8. The summed E-state index contributed by atoms with van der Waals surface area (Å²) in [5, 5.41) is 3.55. The topological polar surface area (TPSA) is 86.2 Å². The van der Waals surface area contributed by atoms with Crippen molar-refractivity contribution < 1.29 is 27.4 Å². The van der Waals surface area contributed by atoms with Gasteiger partial charge in [0.2, 0.25) is 0 Å². The Balaban J connectivity index is 1.54. The molecule has 4 rings (SSSR count). The second-order valence-electron chi connectivity index (χ2n) is 8.29. The molecular weight excluding hydrogens is 481 g/mol. The lowest BCUT2D eigenvalue weighted by atomic mass is 10.1. The molecule has 0 saturated carbocycles. The Kier molecular flexibility index (Phi) is 7.66. The molecule has 0 aliphatic carbocycles. The Hall–Kier alpha value is -3.05. The number of carbonyl (C=O) groups is 1. The van der Waals surface area contributed by atoms with Gasteiger partial charge in [0.15, 0.2) is 5.69 Å². The third kappa shape index (κ3) is 6.34. The maximum Gasteiger partial charge on any atom is 0.434 e. The van der Waals surface area contributed by atoms with E-state index in [1.165, 1.54) is 0 Å². The number of hydrogen-bond acceptors (Lipinski definition) is 7. The van der Waals surface area contributed by atoms with Crippen LogP contribution in [-0.4, -0.2) is 40.7 Å². The van der Waals surface area contributed by atoms with Gasteiger partial charge in [-0.15, -0.1) is 11.3 Å². The first-order chi connectivity index (χ1) is 16.7. The number of carbonyl (C=O) groups excluding carboxylic acids is 1. The van der Waals surface area contributed by atoms with Crippen LogP contribution in [0.1, 0.15) is 52.9 Å². The number of thiazole rings is 1. The van der Waals surface area contributed by atoms with Crippen LogP contribution in [0.25, 0.3) is 10.6 Å². The van der Waals surface area contributed by atoms with Gasteiger partial charge in [0.1, 0.15) is 10.8 Å². The van der Waals surface area contributed by atoms with E-state index in [0.29, 0.717) is 43.2 Å². The summed E-state index contributed by atoms with van der Waals surface area (Å²) >= 11 is 1.54. The zero-order chi connectivity index (χ0) is 25.0. The molecule has 1 N–H and O–H groups in total. The quantitative estimate of drug-likeness (QED) is 0.458. The summed E-state index contributed by atoms with van der Waals surface area (Å²) in [4.78, 5) is 25.9. The molecular formula is C24H25F3N4O3S. The van der Waals surface area contributed by atoms with Crippen molar-refractivity contribution in [3.05, 3.63) is 58.6 Å². The van der Waals surface area contributed by atoms with E-state index >= 15 is 0 Å². The maximum atomic E-state index is 13.1. The first kappa shape index (κ1) is 25.1. The molecule has 1 aliphatic rings. The fraction of sp³-hybridized carbons (Fsp3) is 0.417. The molecule has 0 unspecified atom stereocenters. The van der Waals surface area contributed by atoms with Gasteiger partial charge in [0.25, 0.3) is 5.91 Å². The van der Waals surface area contributed by atoms with Crippen LogP contribution in [0.3, 0.4) is 0 Å². The molecule has 1 saturated heterocycles. The third-order valence-electron chi connectivity index (χ3n) is 5.58. The Labute approximate surface area is 204 Å². The van der Waals surface area contributed by atoms with Crippen LogP contribution < -0.4 is 10.1 Å². The van der Waals surface area contributed by atoms with Crippen LogP contribution in [0.4, 0.5) is 13.2 Å². The van der Waals surface area contributed by atoms with Crippen molar-refractivity contribution in [3.8, 4) is 16.3 Å². The smallest absolute Gasteiger partial charge is 0.434 e. The highest BCUT2D eigenvalue weighted by Crippen LogP contribution is 2.31. The molecule has 2 atom stereocenters. The third-order valence-corrected chi connectivity index (χ3v) is 6.77. The van der Waals surface area contributed by atoms with E-state index in [2.05, 4.69) is 20.3 Å². The number of alkyl halides is 3. The molecule has 0 radical (unpaired) electrons. The molecule has 0 spiro atoms. The predicted octanol–water partition coefficient (Wildman–Crippen LogP) is 5.09. The van der Waals surface area contributed by atoms with E-state index in [4.69, 9.17) is 9.47 Å². The van der Waals surface area contributed by atoms with Gasteiger partial charge in [-0.05, 0) is 38.0 Å². The Morgan fingerprint density at radius 1 is 1.23 bits per heavy atom. The van der Waals surface area contributed by atoms with Crippen LogP contribution >= 0.6 is 11.3 Å². The number of nitrogens with one attached hydrogen (secondary N) is 1. The highest BCUT2D eigenvalue weighted by Gasteiger charge is 2.33. The summed E-state index contributed by atoms with van der Waals surface area (Å²) in [6.45, 7) is 5.51. The lowest BCUT2D eigenvalue weighted by molar-refractivity contribution is -0.141. The number of nitrogens with zero attached hydrogens (tertiary/aromatic N) is 3. The number of benzene rings is 1. The maximum absolute atomic E-state index is 13.1. The summed E-state index contributed by atoms with van der Waals surface area (Å²) in [7, 11) is 0. The average molecular weight is 507 g/mol. The molecule has 3 heterocycles. The van der Waals surface area contributed by atoms with Crippen molar-refractivity contribution in [3.63, 3.8) is 0 Å². The van der Waals surface area contributed by atoms with E-state index in [1.54, 1.807) is 30.4 Å². The number of aromatic nitrogens is 3. The van der Waals surface area contributed by atoms with Gasteiger partial charge < -0.3 is 14.8 Å². The molecule has 7 nitrogen and oxygen atoms in total. The molecule has 1 amide bonds. The fourth-order valence-corrected chi connectivity index (χ4v) is 4.37. The number of aryl methyl sites for hydroxylation is 1. The zero-order valence-electron chi connectivity index (χ0n) is 19.3. The van der Waals surface area contributed by atoms with Gasteiger partial charge in [0.05, 0.1) is 37.3 Å². The fourth-order valence-electron chi connectivity index (χ4n) is 3.53. The lowest BCUT2D eigenvalue weighted by Crippen LogP contribution is -2.27. The number of amides is 1. The lowest BCUT2D eigenvalue weighted by Gasteiger charge is -2.16. The number of halogens is 3. The van der Waals surface area contributed by atoms with Gasteiger partial charge in [0, 0.05) is 34.7 Å². The first-order valence-electron chi connectivity index (χ1n) is 11.2. The summed E-state index contributed by atoms with van der Waals surface area (Å²) in [6.07, 6.45) is 0.691. The minimum Gasteiger partial charge on any atom is -0.493 e. The van der Waals surface area contributed by atoms with Gasteiger partial charge in [-0.3, -0.25) is 9.78 Å². The van der Waals surface area contributed by atoms with Gasteiger partial charge in [-0.1, -0.05) is 6.92 Å². The Bertz CT molecular complexity index is 1160. The van der Waals surface area contributed by atoms with E-state index < -0.39 is 23.8 Å². The highest BCUT2D eigenvalue weighted by atomic mass is 32.1. The van der Waals surface area contributed by atoms with Crippen molar-refractivity contribution in [2.24, 2.45) is 5.92 Å². The van der Waals surface area contributed by atoms with Crippen LogP contribution in [0.5, 0.6) is 5.75 Å². The number of hydrogen-bond donors (Lipinski definition) is 1. The van der Waals surface area contributed by atoms with Gasteiger partial charge in [-0.25, -0.2) is 9.97 Å². The molecule has 3 aromatic rings. The van der Waals surface area contributed by atoms with Crippen molar-refractivity contribution >= 4 is 17.2 Å². The van der Waals surface area contributed by atoms with Crippen LogP contribution in [0.15, 0.2) is 36.8 Å². The van der Waals surface area contributed by atoms with E-state index in [9.17, 15) is 18.0 Å². The average Bonchev–Trinajstić information content (AvgIpc) is 3.54. The van der Waals surface area contributed by atoms with E-state index in [1.807, 2.05) is 19.2 Å². The van der Waals surface area contributed by atoms with E-state index in [-0.39, 0.29) is 5.69 Å². The van der Waals surface area contributed by atoms with Crippen molar-refractivity contribution in [2.45, 2.75) is 38.9 Å². The van der Waals surface area contributed by atoms with Crippen molar-refractivity contribution in [1.82, 2.24) is 20.3 Å². The van der Waals surface area contributed by atoms with E-state index in [0.717, 1.165) is 34.5 Å². The molecule has 0 bridgehead atoms. The molecule has 1 aliphatic heterocycles. The summed E-state index contributed by atoms with van der Waals surface area (Å²) in [6, 6.07) is 4.57. The first-order valence-corrected chi connectivity index (χ1v) is 12.0. The monoisotopic (exact) mass is 506 g/mol. The molecule has 1 aromatic carbocycles. The second-order valence-corrected chi connectivity index (χ2v) is 9.41. The Morgan fingerprint density at radius 3 is 2.69 bits per heavy atom. The largest absolute Gasteiger partial charge is 0.493 e. The van der Waals surface area contributed by atoms with Crippen LogP contribution in [0.2, 0.25) is 0 Å². The number of ether oxygens (including phenoxy) is 2. The molecule has 35 heavy (non-hydrogen) atoms. The van der Waals surface area contributed by atoms with Crippen LogP contribution in [0, 0.1) is 5.92 Å². The van der Waals surface area contributed by atoms with Crippen molar-refractivity contribution in [2.75, 3.05) is 19.8 Å². The van der Waals surface area contributed by atoms with Gasteiger partial charge >= 0.3 is 6.18 Å². The Morgan fingerprint density at radius 2 is 2.06 bits per heavy atom. The summed E-state index contributed by atoms with van der Waals surface area (Å²) in [5.41, 5.74) is 0.228. The number of rotatable bonds is 8. The second kappa shape index (κ2) is 10.7. The minimum absolute atomic E-state index is 0.215. The zero-order valence-corrected chi connectivity index (χ0v) is 20.1. The minimum atomic E-state index is -4.58. The van der Waals surface area contributed by atoms with Crippen molar-refractivity contribution in [1.29, 1.82) is 0 Å². The molecule has 1 fully saturated rings. The standard InChI is InChI=1S/C24H25F3N4O3S/c1-3-19-9-30-23(35-19)17-6-16(7-18(8-17)34-13-15-4-5-33-12-15)22(32)31-14(2)20-10-29-21(11-28-20)24(25,26)27/h6-11,14-15H,3-5,12-13H2,1-2H3,(H,31,32)/t14-,15-/m1/s1. The van der Waals surface area contributed by atoms with Gasteiger partial charge in [-0.2, -0.15) is 13.2 Å². The summed E-state index contributed by atoms with van der Waals surface area (Å²) in [5.74, 6) is 0.415. The summed E-state index contributed by atoms with van der Waals surface area (Å²) < 4.78 is 49.7. The SMILES string of the molecule is CCc1cnc(-c2cc(OC[C@@H]3CCOC3)cc(C(=O)N[C@H](C)c3cnc(C(F)(F)F)cn3)c2)s1.